The minimum Gasteiger partial charge on any atom is -0.359 e. The van der Waals surface area contributed by atoms with E-state index in [1.54, 1.807) is 36.7 Å². The Bertz CT molecular complexity index is 434. The van der Waals surface area contributed by atoms with Crippen molar-refractivity contribution in [3.05, 3.63) is 42.4 Å². The third-order valence-electron chi connectivity index (χ3n) is 3.12. The summed E-state index contributed by atoms with van der Waals surface area (Å²) >= 11 is 0. The second-order valence-corrected chi connectivity index (χ2v) is 5.07. The number of nitrogens with one attached hydrogen (secondary N) is 1. The van der Waals surface area contributed by atoms with Gasteiger partial charge in [-0.2, -0.15) is 0 Å². The molecule has 0 bridgehead atoms. The van der Waals surface area contributed by atoms with Gasteiger partial charge in [0.2, 0.25) is 0 Å². The van der Waals surface area contributed by atoms with Crippen molar-refractivity contribution in [2.45, 2.75) is 33.2 Å². The number of anilines is 1. The quantitative estimate of drug-likeness (QED) is 0.774. The number of benzene rings is 1. The Morgan fingerprint density at radius 1 is 1.28 bits per heavy atom. The number of nitrogens with zero attached hydrogens (tertiary/aromatic N) is 1. The van der Waals surface area contributed by atoms with E-state index in [1.807, 2.05) is 0 Å². The smallest absolute Gasteiger partial charge is 0.146 e. The Kier molecular flexibility index (Phi) is 5.08. The molecule has 0 saturated carbocycles. The summed E-state index contributed by atoms with van der Waals surface area (Å²) in [6.45, 7) is 8.45. The molecule has 1 rings (SSSR count). The molecule has 0 fully saturated rings. The lowest BCUT2D eigenvalue weighted by atomic mass is 9.92. The minimum absolute atomic E-state index is 0.0810. The highest BCUT2D eigenvalue weighted by molar-refractivity contribution is 5.72. The number of para-hydroxylation sites is 1. The van der Waals surface area contributed by atoms with Gasteiger partial charge in [-0.3, -0.25) is 4.99 Å². The van der Waals surface area contributed by atoms with Gasteiger partial charge < -0.3 is 5.32 Å². The first-order valence-corrected chi connectivity index (χ1v) is 6.15. The maximum absolute atomic E-state index is 13.3. The van der Waals surface area contributed by atoms with Crippen LogP contribution in [0, 0.1) is 11.7 Å². The summed E-state index contributed by atoms with van der Waals surface area (Å²) in [5.41, 5.74) is 0.382. The molecular formula is C15H21FN2. The summed E-state index contributed by atoms with van der Waals surface area (Å²) in [7, 11) is 0. The molecule has 0 aliphatic carbocycles. The molecule has 0 radical (unpaired) electrons. The highest BCUT2D eigenvalue weighted by atomic mass is 19.1. The minimum atomic E-state index is -0.262. The summed E-state index contributed by atoms with van der Waals surface area (Å²) in [5.74, 6) is 0.211. The highest BCUT2D eigenvalue weighted by Crippen LogP contribution is 2.19. The number of halogens is 1. The van der Waals surface area contributed by atoms with Crippen LogP contribution in [0.5, 0.6) is 0 Å². The van der Waals surface area contributed by atoms with Gasteiger partial charge in [0.15, 0.2) is 0 Å². The molecule has 0 aromatic heterocycles. The van der Waals surface area contributed by atoms with E-state index >= 15 is 0 Å². The van der Waals surface area contributed by atoms with Gasteiger partial charge in [0.25, 0.3) is 0 Å². The number of rotatable bonds is 5. The second kappa shape index (κ2) is 6.34. The molecule has 0 unspecified atom stereocenters. The number of aliphatic imine (C=N–C) groups is 1. The van der Waals surface area contributed by atoms with Crippen molar-refractivity contribution in [3.63, 3.8) is 0 Å². The maximum Gasteiger partial charge on any atom is 0.146 e. The predicted octanol–water partition coefficient (Wildman–Crippen LogP) is 4.26. The molecule has 0 amide bonds. The van der Waals surface area contributed by atoms with Crippen LogP contribution in [0.4, 0.5) is 10.1 Å². The molecule has 0 spiro atoms. The Morgan fingerprint density at radius 3 is 2.56 bits per heavy atom. The fourth-order valence-corrected chi connectivity index (χ4v) is 1.14. The Labute approximate surface area is 109 Å². The van der Waals surface area contributed by atoms with Crippen LogP contribution < -0.4 is 5.32 Å². The molecule has 0 saturated heterocycles. The van der Waals surface area contributed by atoms with Crippen LogP contribution in [0.1, 0.15) is 27.7 Å². The van der Waals surface area contributed by atoms with Crippen LogP contribution >= 0.6 is 0 Å². The van der Waals surface area contributed by atoms with Gasteiger partial charge in [0.1, 0.15) is 5.82 Å². The van der Waals surface area contributed by atoms with Crippen molar-refractivity contribution in [1.29, 1.82) is 0 Å². The third kappa shape index (κ3) is 4.32. The van der Waals surface area contributed by atoms with Gasteiger partial charge in [0.05, 0.1) is 11.2 Å². The molecule has 1 aromatic carbocycles. The van der Waals surface area contributed by atoms with Crippen molar-refractivity contribution in [1.82, 2.24) is 0 Å². The number of allylic oxidation sites excluding steroid dienone is 1. The van der Waals surface area contributed by atoms with Gasteiger partial charge in [-0.1, -0.05) is 26.0 Å². The van der Waals surface area contributed by atoms with E-state index in [9.17, 15) is 4.39 Å². The Hall–Kier alpha value is -1.64. The van der Waals surface area contributed by atoms with E-state index in [0.29, 0.717) is 11.6 Å². The average molecular weight is 248 g/mol. The second-order valence-electron chi connectivity index (χ2n) is 5.07. The van der Waals surface area contributed by atoms with Crippen LogP contribution in [0.2, 0.25) is 0 Å². The molecule has 1 aromatic rings. The summed E-state index contributed by atoms with van der Waals surface area (Å²) in [6.07, 6.45) is 5.20. The lowest BCUT2D eigenvalue weighted by molar-refractivity contribution is 0.378. The van der Waals surface area contributed by atoms with Gasteiger partial charge in [-0.05, 0) is 38.0 Å². The molecule has 0 atom stereocenters. The highest BCUT2D eigenvalue weighted by Gasteiger charge is 2.19. The first kappa shape index (κ1) is 14.4. The van der Waals surface area contributed by atoms with Gasteiger partial charge in [-0.25, -0.2) is 4.39 Å². The maximum atomic E-state index is 13.3. The van der Waals surface area contributed by atoms with Crippen LogP contribution in [0.3, 0.4) is 0 Å². The summed E-state index contributed by atoms with van der Waals surface area (Å²) in [4.78, 5) is 4.46. The molecule has 1 N–H and O–H groups in total. The first-order valence-electron chi connectivity index (χ1n) is 6.15. The largest absolute Gasteiger partial charge is 0.359 e. The van der Waals surface area contributed by atoms with Crippen molar-refractivity contribution in [2.24, 2.45) is 10.9 Å². The monoisotopic (exact) mass is 248 g/mol. The predicted molar refractivity (Wildman–Crippen MR) is 76.6 cm³/mol. The van der Waals surface area contributed by atoms with Crippen molar-refractivity contribution < 1.29 is 4.39 Å². The van der Waals surface area contributed by atoms with E-state index in [-0.39, 0.29) is 11.4 Å². The zero-order valence-electron chi connectivity index (χ0n) is 11.4. The number of hydrogen-bond acceptors (Lipinski definition) is 2. The van der Waals surface area contributed by atoms with Crippen molar-refractivity contribution in [3.8, 4) is 0 Å². The zero-order chi connectivity index (χ0) is 13.6. The molecule has 3 heteroatoms. The Balaban J connectivity index is 2.53. The Morgan fingerprint density at radius 2 is 1.94 bits per heavy atom. The topological polar surface area (TPSA) is 24.4 Å². The van der Waals surface area contributed by atoms with Crippen molar-refractivity contribution in [2.75, 3.05) is 5.32 Å². The molecule has 0 aliphatic heterocycles. The molecule has 18 heavy (non-hydrogen) atoms. The lowest BCUT2D eigenvalue weighted by Crippen LogP contribution is -2.24. The van der Waals surface area contributed by atoms with Gasteiger partial charge in [0, 0.05) is 12.4 Å². The molecule has 2 nitrogen and oxygen atoms in total. The van der Waals surface area contributed by atoms with Crippen LogP contribution in [-0.2, 0) is 0 Å². The van der Waals surface area contributed by atoms with E-state index in [2.05, 4.69) is 38.0 Å². The normalized spacial score (nSPS) is 12.8. The molecule has 98 valence electrons. The SMILES string of the molecule is CC(C)C(C)(C)N=C/C=C\Nc1ccccc1F. The molecule has 0 heterocycles. The van der Waals surface area contributed by atoms with Crippen LogP contribution in [0.25, 0.3) is 0 Å². The first-order chi connectivity index (χ1) is 8.43. The lowest BCUT2D eigenvalue weighted by Gasteiger charge is -2.23. The fraction of sp³-hybridized carbons (Fsp3) is 0.400. The fourth-order valence-electron chi connectivity index (χ4n) is 1.14. The zero-order valence-corrected chi connectivity index (χ0v) is 11.4. The van der Waals surface area contributed by atoms with E-state index in [0.717, 1.165) is 0 Å². The van der Waals surface area contributed by atoms with Crippen molar-refractivity contribution >= 4 is 11.9 Å². The number of hydrogen-bond donors (Lipinski definition) is 1. The van der Waals surface area contributed by atoms with Gasteiger partial charge in [-0.15, -0.1) is 0 Å². The molecular weight excluding hydrogens is 227 g/mol. The summed E-state index contributed by atoms with van der Waals surface area (Å²) in [5, 5.41) is 2.88. The third-order valence-corrected chi connectivity index (χ3v) is 3.12. The van der Waals surface area contributed by atoms with Crippen LogP contribution in [-0.4, -0.2) is 11.8 Å². The summed E-state index contributed by atoms with van der Waals surface area (Å²) < 4.78 is 13.3. The van der Waals surface area contributed by atoms with Crippen LogP contribution in [0.15, 0.2) is 41.5 Å². The van der Waals surface area contributed by atoms with Gasteiger partial charge >= 0.3 is 0 Å². The van der Waals surface area contributed by atoms with E-state index in [4.69, 9.17) is 0 Å². The van der Waals surface area contributed by atoms with E-state index in [1.165, 1.54) is 6.07 Å². The summed E-state index contributed by atoms with van der Waals surface area (Å²) in [6, 6.07) is 6.56. The average Bonchev–Trinajstić information content (AvgIpc) is 2.30. The standard InChI is InChI=1S/C15H21FN2/c1-12(2)15(3,4)18-11-7-10-17-14-9-6-5-8-13(14)16/h5-12,17H,1-4H3/b10-7-,18-11?. The molecule has 0 aliphatic rings. The van der Waals surface area contributed by atoms with E-state index < -0.39 is 0 Å².